The molecule has 138 valence electrons. The molecule has 8 heteroatoms. The Morgan fingerprint density at radius 1 is 1.08 bits per heavy atom. The molecular weight excluding hydrogens is 369 g/mol. The average Bonchev–Trinajstić information content (AvgIpc) is 2.62. The highest BCUT2D eigenvalue weighted by Gasteiger charge is 2.30. The number of benzene rings is 2. The predicted molar refractivity (Wildman–Crippen MR) is 93.9 cm³/mol. The van der Waals surface area contributed by atoms with Crippen molar-refractivity contribution in [1.29, 1.82) is 0 Å². The summed E-state index contributed by atoms with van der Waals surface area (Å²) < 4.78 is 43.2. The van der Waals surface area contributed by atoms with Gasteiger partial charge >= 0.3 is 6.18 Å². The minimum atomic E-state index is -4.44. The van der Waals surface area contributed by atoms with Gasteiger partial charge in [0, 0.05) is 23.7 Å². The molecule has 2 aromatic rings. The summed E-state index contributed by atoms with van der Waals surface area (Å²) in [5, 5.41) is 3.18. The maximum absolute atomic E-state index is 12.6. The van der Waals surface area contributed by atoms with Gasteiger partial charge in [0.15, 0.2) is 0 Å². The molecule has 26 heavy (non-hydrogen) atoms. The third kappa shape index (κ3) is 4.28. The van der Waals surface area contributed by atoms with Gasteiger partial charge in [0.25, 0.3) is 5.91 Å². The summed E-state index contributed by atoms with van der Waals surface area (Å²) in [6, 6.07) is 9.21. The van der Waals surface area contributed by atoms with E-state index >= 15 is 0 Å². The number of morpholine rings is 1. The molecule has 2 aromatic carbocycles. The lowest BCUT2D eigenvalue weighted by molar-refractivity contribution is -0.137. The van der Waals surface area contributed by atoms with Gasteiger partial charge in [-0.3, -0.25) is 4.79 Å². The second-order valence-corrected chi connectivity index (χ2v) is 6.23. The molecular formula is C18H16ClF3N2O2. The molecule has 0 aliphatic carbocycles. The van der Waals surface area contributed by atoms with E-state index < -0.39 is 17.6 Å². The first-order valence-corrected chi connectivity index (χ1v) is 8.33. The molecule has 1 aliphatic rings. The number of carbonyl (C=O) groups is 1. The van der Waals surface area contributed by atoms with Crippen molar-refractivity contribution in [3.05, 3.63) is 58.6 Å². The minimum Gasteiger partial charge on any atom is -0.378 e. The molecule has 0 atom stereocenters. The Labute approximate surface area is 153 Å². The predicted octanol–water partition coefficient (Wildman–Crippen LogP) is 4.45. The molecule has 0 saturated carbocycles. The second kappa shape index (κ2) is 7.55. The van der Waals surface area contributed by atoms with Crippen LogP contribution >= 0.6 is 11.6 Å². The van der Waals surface area contributed by atoms with E-state index in [1.54, 1.807) is 18.2 Å². The molecule has 1 fully saturated rings. The van der Waals surface area contributed by atoms with Gasteiger partial charge < -0.3 is 15.0 Å². The molecule has 0 aromatic heterocycles. The number of alkyl halides is 3. The molecule has 4 nitrogen and oxygen atoms in total. The van der Waals surface area contributed by atoms with Crippen molar-refractivity contribution in [2.24, 2.45) is 0 Å². The molecule has 1 amide bonds. The van der Waals surface area contributed by atoms with Crippen LogP contribution in [0.15, 0.2) is 42.5 Å². The molecule has 0 unspecified atom stereocenters. The van der Waals surface area contributed by atoms with Crippen LogP contribution in [0.4, 0.5) is 24.5 Å². The van der Waals surface area contributed by atoms with E-state index in [2.05, 4.69) is 10.2 Å². The normalized spacial score (nSPS) is 15.0. The highest BCUT2D eigenvalue weighted by Crippen LogP contribution is 2.31. The van der Waals surface area contributed by atoms with Gasteiger partial charge in [0.1, 0.15) is 0 Å². The fourth-order valence-corrected chi connectivity index (χ4v) is 2.87. The van der Waals surface area contributed by atoms with Crippen LogP contribution in [0.1, 0.15) is 15.9 Å². The van der Waals surface area contributed by atoms with Gasteiger partial charge in [0.2, 0.25) is 0 Å². The number of amides is 1. The van der Waals surface area contributed by atoms with Crippen LogP contribution in [-0.4, -0.2) is 32.2 Å². The number of nitrogens with zero attached hydrogens (tertiary/aromatic N) is 1. The molecule has 1 N–H and O–H groups in total. The summed E-state index contributed by atoms with van der Waals surface area (Å²) in [6.07, 6.45) is -4.44. The largest absolute Gasteiger partial charge is 0.416 e. The van der Waals surface area contributed by atoms with Gasteiger partial charge in [-0.25, -0.2) is 0 Å². The lowest BCUT2D eigenvalue weighted by atomic mass is 10.1. The van der Waals surface area contributed by atoms with Gasteiger partial charge in [-0.15, -0.1) is 0 Å². The summed E-state index contributed by atoms with van der Waals surface area (Å²) in [7, 11) is 0. The van der Waals surface area contributed by atoms with Gasteiger partial charge in [-0.05, 0) is 42.5 Å². The second-order valence-electron chi connectivity index (χ2n) is 5.79. The van der Waals surface area contributed by atoms with Crippen LogP contribution in [-0.2, 0) is 10.9 Å². The maximum atomic E-state index is 12.6. The third-order valence-corrected chi connectivity index (χ3v) is 4.27. The van der Waals surface area contributed by atoms with E-state index in [9.17, 15) is 18.0 Å². The number of hydrogen-bond acceptors (Lipinski definition) is 3. The van der Waals surface area contributed by atoms with Crippen LogP contribution < -0.4 is 10.2 Å². The number of hydrogen-bond donors (Lipinski definition) is 1. The first-order valence-electron chi connectivity index (χ1n) is 7.95. The fraction of sp³-hybridized carbons (Fsp3) is 0.278. The van der Waals surface area contributed by atoms with Crippen molar-refractivity contribution in [3.63, 3.8) is 0 Å². The van der Waals surface area contributed by atoms with Crippen molar-refractivity contribution in [1.82, 2.24) is 0 Å². The van der Waals surface area contributed by atoms with Crippen molar-refractivity contribution < 1.29 is 22.7 Å². The van der Waals surface area contributed by atoms with Crippen molar-refractivity contribution in [2.75, 3.05) is 36.5 Å². The summed E-state index contributed by atoms with van der Waals surface area (Å²) in [5.41, 5.74) is 0.624. The number of carbonyl (C=O) groups excluding carboxylic acids is 1. The molecule has 0 radical (unpaired) electrons. The summed E-state index contributed by atoms with van der Waals surface area (Å²) in [6.45, 7) is 2.50. The van der Waals surface area contributed by atoms with Crippen LogP contribution in [0, 0.1) is 0 Å². The maximum Gasteiger partial charge on any atom is 0.416 e. The number of anilines is 2. The molecule has 0 bridgehead atoms. The highest BCUT2D eigenvalue weighted by atomic mass is 35.5. The van der Waals surface area contributed by atoms with E-state index in [0.29, 0.717) is 37.0 Å². The summed E-state index contributed by atoms with van der Waals surface area (Å²) in [5.74, 6) is -0.504. The van der Waals surface area contributed by atoms with Gasteiger partial charge in [-0.1, -0.05) is 11.6 Å². The number of halogens is 4. The first kappa shape index (κ1) is 18.5. The lowest BCUT2D eigenvalue weighted by Crippen LogP contribution is -2.36. The lowest BCUT2D eigenvalue weighted by Gasteiger charge is -2.30. The number of ether oxygens (including phenoxy) is 1. The number of nitrogens with one attached hydrogen (secondary N) is 1. The van der Waals surface area contributed by atoms with E-state index in [1.807, 2.05) is 0 Å². The summed E-state index contributed by atoms with van der Waals surface area (Å²) >= 11 is 6.04. The van der Waals surface area contributed by atoms with E-state index in [4.69, 9.17) is 16.3 Å². The summed E-state index contributed by atoms with van der Waals surface area (Å²) in [4.78, 5) is 14.5. The van der Waals surface area contributed by atoms with Gasteiger partial charge in [0.05, 0.1) is 30.2 Å². The Morgan fingerprint density at radius 3 is 2.35 bits per heavy atom. The van der Waals surface area contributed by atoms with E-state index in [1.165, 1.54) is 0 Å². The molecule has 1 heterocycles. The Bertz CT molecular complexity index is 788. The monoisotopic (exact) mass is 384 g/mol. The zero-order valence-corrected chi connectivity index (χ0v) is 14.4. The molecule has 1 aliphatic heterocycles. The van der Waals surface area contributed by atoms with E-state index in [-0.39, 0.29) is 5.56 Å². The highest BCUT2D eigenvalue weighted by molar-refractivity contribution is 6.31. The van der Waals surface area contributed by atoms with E-state index in [0.717, 1.165) is 30.0 Å². The van der Waals surface area contributed by atoms with Crippen LogP contribution in [0.2, 0.25) is 5.02 Å². The fourth-order valence-electron chi connectivity index (χ4n) is 2.69. The van der Waals surface area contributed by atoms with Crippen LogP contribution in [0.3, 0.4) is 0 Å². The zero-order valence-electron chi connectivity index (χ0n) is 13.6. The Kier molecular flexibility index (Phi) is 5.38. The SMILES string of the molecule is O=C(Nc1cc(Cl)ccc1N1CCOCC1)c1ccc(C(F)(F)F)cc1. The Hall–Kier alpha value is -2.25. The third-order valence-electron chi connectivity index (χ3n) is 4.03. The Morgan fingerprint density at radius 2 is 1.73 bits per heavy atom. The van der Waals surface area contributed by atoms with Crippen molar-refractivity contribution in [2.45, 2.75) is 6.18 Å². The molecule has 0 spiro atoms. The number of rotatable bonds is 3. The topological polar surface area (TPSA) is 41.6 Å². The van der Waals surface area contributed by atoms with Crippen molar-refractivity contribution >= 4 is 28.9 Å². The smallest absolute Gasteiger partial charge is 0.378 e. The first-order chi connectivity index (χ1) is 12.3. The molecule has 1 saturated heterocycles. The van der Waals surface area contributed by atoms with Crippen molar-refractivity contribution in [3.8, 4) is 0 Å². The standard InChI is InChI=1S/C18H16ClF3N2O2/c19-14-5-6-16(24-7-9-26-10-8-24)15(11-14)23-17(25)12-1-3-13(4-2-12)18(20,21)22/h1-6,11H,7-10H2,(H,23,25). The quantitative estimate of drug-likeness (QED) is 0.850. The van der Waals surface area contributed by atoms with Crippen LogP contribution in [0.5, 0.6) is 0 Å². The molecule has 3 rings (SSSR count). The average molecular weight is 385 g/mol. The Balaban J connectivity index is 1.81. The zero-order chi connectivity index (χ0) is 18.7. The van der Waals surface area contributed by atoms with Crippen LogP contribution in [0.25, 0.3) is 0 Å². The minimum absolute atomic E-state index is 0.130. The van der Waals surface area contributed by atoms with Gasteiger partial charge in [-0.2, -0.15) is 13.2 Å².